The Morgan fingerprint density at radius 3 is 2.41 bits per heavy atom. The average Bonchev–Trinajstić information content (AvgIpc) is 2.46. The number of hydrogen-bond acceptors (Lipinski definition) is 5. The number of benzene rings is 1. The van der Waals surface area contributed by atoms with E-state index in [1.807, 2.05) is 45.0 Å². The standard InChI is InChI=1S/C17H22N2O3/c1-17(2,3)22-16(20)14(18-4)13-10-19-15(21-5)12-9-7-6-8-11(12)13/h6-10,14,18H,1-5H3. The van der Waals surface area contributed by atoms with Crippen molar-refractivity contribution in [1.29, 1.82) is 0 Å². The van der Waals surface area contributed by atoms with Gasteiger partial charge in [0, 0.05) is 17.1 Å². The van der Waals surface area contributed by atoms with Crippen LogP contribution < -0.4 is 10.1 Å². The molecule has 0 aliphatic heterocycles. The van der Waals surface area contributed by atoms with E-state index < -0.39 is 11.6 Å². The van der Waals surface area contributed by atoms with Crippen molar-refractivity contribution in [2.24, 2.45) is 0 Å². The molecule has 0 aliphatic rings. The van der Waals surface area contributed by atoms with Crippen molar-refractivity contribution >= 4 is 16.7 Å². The van der Waals surface area contributed by atoms with Crippen molar-refractivity contribution in [2.75, 3.05) is 14.2 Å². The molecule has 0 bridgehead atoms. The van der Waals surface area contributed by atoms with E-state index in [-0.39, 0.29) is 5.97 Å². The lowest BCUT2D eigenvalue weighted by Crippen LogP contribution is -2.33. The zero-order chi connectivity index (χ0) is 16.3. The monoisotopic (exact) mass is 302 g/mol. The van der Waals surface area contributed by atoms with Crippen LogP contribution in [0.5, 0.6) is 5.88 Å². The average molecular weight is 302 g/mol. The van der Waals surface area contributed by atoms with Crippen LogP contribution in [0.1, 0.15) is 32.4 Å². The Hall–Kier alpha value is -2.14. The molecule has 1 atom stereocenters. The fourth-order valence-electron chi connectivity index (χ4n) is 2.34. The topological polar surface area (TPSA) is 60.5 Å². The van der Waals surface area contributed by atoms with Crippen molar-refractivity contribution in [2.45, 2.75) is 32.4 Å². The number of methoxy groups -OCH3 is 1. The Labute approximate surface area is 130 Å². The van der Waals surface area contributed by atoms with Gasteiger partial charge < -0.3 is 14.8 Å². The smallest absolute Gasteiger partial charge is 0.328 e. The molecule has 0 amide bonds. The molecule has 5 nitrogen and oxygen atoms in total. The number of ether oxygens (including phenoxy) is 2. The highest BCUT2D eigenvalue weighted by Crippen LogP contribution is 2.30. The van der Waals surface area contributed by atoms with Gasteiger partial charge in [0.1, 0.15) is 11.6 Å². The summed E-state index contributed by atoms with van der Waals surface area (Å²) in [7, 11) is 3.31. The third kappa shape index (κ3) is 3.36. The normalized spacial score (nSPS) is 13.0. The third-order valence-electron chi connectivity index (χ3n) is 3.22. The quantitative estimate of drug-likeness (QED) is 0.880. The number of pyridine rings is 1. The van der Waals surface area contributed by atoms with Crippen LogP contribution >= 0.6 is 0 Å². The highest BCUT2D eigenvalue weighted by atomic mass is 16.6. The lowest BCUT2D eigenvalue weighted by molar-refractivity contribution is -0.157. The molecule has 0 spiro atoms. The minimum atomic E-state index is -0.581. The number of nitrogens with zero attached hydrogens (tertiary/aromatic N) is 1. The molecule has 0 fully saturated rings. The Balaban J connectivity index is 2.50. The first kappa shape index (κ1) is 16.2. The second-order valence-electron chi connectivity index (χ2n) is 6.02. The molecule has 118 valence electrons. The second kappa shape index (κ2) is 6.32. The first-order valence-electron chi connectivity index (χ1n) is 7.19. The molecule has 1 aromatic carbocycles. The van der Waals surface area contributed by atoms with Crippen LogP contribution in [0.2, 0.25) is 0 Å². The lowest BCUT2D eigenvalue weighted by atomic mass is 10.0. The van der Waals surface area contributed by atoms with Gasteiger partial charge in [0.05, 0.1) is 7.11 Å². The number of carbonyl (C=O) groups excluding carboxylic acids is 1. The van der Waals surface area contributed by atoms with Gasteiger partial charge in [0.25, 0.3) is 0 Å². The van der Waals surface area contributed by atoms with Crippen molar-refractivity contribution in [3.8, 4) is 5.88 Å². The summed E-state index contributed by atoms with van der Waals surface area (Å²) >= 11 is 0. The van der Waals surface area contributed by atoms with Crippen LogP contribution in [-0.4, -0.2) is 30.7 Å². The minimum Gasteiger partial charge on any atom is -0.481 e. The van der Waals surface area contributed by atoms with Gasteiger partial charge in [-0.1, -0.05) is 18.2 Å². The predicted molar refractivity (Wildman–Crippen MR) is 85.9 cm³/mol. The fraction of sp³-hybridized carbons (Fsp3) is 0.412. The molecule has 2 rings (SSSR count). The van der Waals surface area contributed by atoms with Crippen LogP contribution in [-0.2, 0) is 9.53 Å². The first-order chi connectivity index (χ1) is 10.4. The summed E-state index contributed by atoms with van der Waals surface area (Å²) in [4.78, 5) is 16.7. The van der Waals surface area contributed by atoms with E-state index in [1.54, 1.807) is 20.4 Å². The van der Waals surface area contributed by atoms with Gasteiger partial charge in [0.2, 0.25) is 5.88 Å². The van der Waals surface area contributed by atoms with Gasteiger partial charge in [-0.3, -0.25) is 0 Å². The van der Waals surface area contributed by atoms with Gasteiger partial charge in [-0.25, -0.2) is 9.78 Å². The molecule has 0 aliphatic carbocycles. The van der Waals surface area contributed by atoms with Crippen LogP contribution in [0.3, 0.4) is 0 Å². The predicted octanol–water partition coefficient (Wildman–Crippen LogP) is 2.85. The van der Waals surface area contributed by atoms with E-state index in [9.17, 15) is 4.79 Å². The first-order valence-corrected chi connectivity index (χ1v) is 7.19. The third-order valence-corrected chi connectivity index (χ3v) is 3.22. The summed E-state index contributed by atoms with van der Waals surface area (Å²) in [5.74, 6) is 0.213. The van der Waals surface area contributed by atoms with Gasteiger partial charge in [-0.2, -0.15) is 0 Å². The zero-order valence-corrected chi connectivity index (χ0v) is 13.6. The number of nitrogens with one attached hydrogen (secondary N) is 1. The number of hydrogen-bond donors (Lipinski definition) is 1. The van der Waals surface area contributed by atoms with Crippen LogP contribution in [0.15, 0.2) is 30.5 Å². The Morgan fingerprint density at radius 1 is 1.23 bits per heavy atom. The van der Waals surface area contributed by atoms with Crippen LogP contribution in [0, 0.1) is 0 Å². The number of fused-ring (bicyclic) bond motifs is 1. The van der Waals surface area contributed by atoms with Crippen molar-refractivity contribution in [1.82, 2.24) is 10.3 Å². The largest absolute Gasteiger partial charge is 0.481 e. The SMILES string of the molecule is CNC(C(=O)OC(C)(C)C)c1cnc(OC)c2ccccc12. The highest BCUT2D eigenvalue weighted by Gasteiger charge is 2.27. The van der Waals surface area contributed by atoms with Gasteiger partial charge in [-0.15, -0.1) is 0 Å². The van der Waals surface area contributed by atoms with Gasteiger partial charge in [-0.05, 0) is 39.3 Å². The summed E-state index contributed by atoms with van der Waals surface area (Å²) in [5, 5.41) is 4.80. The van der Waals surface area contributed by atoms with E-state index in [4.69, 9.17) is 9.47 Å². The number of carbonyl (C=O) groups is 1. The number of esters is 1. The summed E-state index contributed by atoms with van der Waals surface area (Å²) in [6.07, 6.45) is 1.66. The minimum absolute atomic E-state index is 0.327. The molecule has 1 heterocycles. The molecule has 1 unspecified atom stereocenters. The molecule has 0 saturated carbocycles. The lowest BCUT2D eigenvalue weighted by Gasteiger charge is -2.24. The molecular formula is C17H22N2O3. The summed E-state index contributed by atoms with van der Waals surface area (Å²) < 4.78 is 10.8. The van der Waals surface area contributed by atoms with E-state index >= 15 is 0 Å². The van der Waals surface area contributed by atoms with E-state index in [0.717, 1.165) is 16.3 Å². The molecular weight excluding hydrogens is 280 g/mol. The van der Waals surface area contributed by atoms with Crippen molar-refractivity contribution < 1.29 is 14.3 Å². The molecule has 22 heavy (non-hydrogen) atoms. The molecule has 0 saturated heterocycles. The van der Waals surface area contributed by atoms with Crippen molar-refractivity contribution in [3.05, 3.63) is 36.0 Å². The Morgan fingerprint density at radius 2 is 1.86 bits per heavy atom. The maximum atomic E-state index is 12.4. The molecule has 2 aromatic rings. The maximum absolute atomic E-state index is 12.4. The van der Waals surface area contributed by atoms with Crippen LogP contribution in [0.25, 0.3) is 10.8 Å². The van der Waals surface area contributed by atoms with Gasteiger partial charge >= 0.3 is 5.97 Å². The highest BCUT2D eigenvalue weighted by molar-refractivity contribution is 5.93. The Bertz CT molecular complexity index is 677. The molecule has 0 radical (unpaired) electrons. The van der Waals surface area contributed by atoms with E-state index in [1.165, 1.54) is 0 Å². The maximum Gasteiger partial charge on any atom is 0.328 e. The fourth-order valence-corrected chi connectivity index (χ4v) is 2.34. The molecule has 1 N–H and O–H groups in total. The van der Waals surface area contributed by atoms with Gasteiger partial charge in [0.15, 0.2) is 0 Å². The summed E-state index contributed by atoms with van der Waals surface area (Å²) in [5.41, 5.74) is 0.232. The number of rotatable bonds is 4. The zero-order valence-electron chi connectivity index (χ0n) is 13.6. The van der Waals surface area contributed by atoms with E-state index in [2.05, 4.69) is 10.3 Å². The number of likely N-dealkylation sites (N-methyl/N-ethyl adjacent to an activating group) is 1. The van der Waals surface area contributed by atoms with Crippen molar-refractivity contribution in [3.63, 3.8) is 0 Å². The second-order valence-corrected chi connectivity index (χ2v) is 6.02. The molecule has 5 heteroatoms. The Kier molecular flexibility index (Phi) is 4.66. The summed E-state index contributed by atoms with van der Waals surface area (Å²) in [6, 6.07) is 7.13. The summed E-state index contributed by atoms with van der Waals surface area (Å²) in [6.45, 7) is 5.55. The number of aromatic nitrogens is 1. The van der Waals surface area contributed by atoms with Crippen LogP contribution in [0.4, 0.5) is 0 Å². The molecule has 1 aromatic heterocycles. The van der Waals surface area contributed by atoms with E-state index in [0.29, 0.717) is 5.88 Å².